The summed E-state index contributed by atoms with van der Waals surface area (Å²) in [6.07, 6.45) is 3.34. The lowest BCUT2D eigenvalue weighted by Gasteiger charge is -2.07. The van der Waals surface area contributed by atoms with E-state index in [4.69, 9.17) is 0 Å². The average Bonchev–Trinajstić information content (AvgIpc) is 2.46. The molecule has 0 spiro atoms. The maximum Gasteiger partial charge on any atom is 0.195 e. The number of rotatable bonds is 2. The minimum Gasteiger partial charge on any atom is -0.289 e. The Morgan fingerprint density at radius 2 is 1.74 bits per heavy atom. The van der Waals surface area contributed by atoms with Gasteiger partial charge in [-0.15, -0.1) is 0 Å². The van der Waals surface area contributed by atoms with Crippen molar-refractivity contribution in [3.05, 3.63) is 77.6 Å². The van der Waals surface area contributed by atoms with Crippen molar-refractivity contribution in [2.45, 2.75) is 6.92 Å². The average molecular weight is 247 g/mol. The molecule has 0 aliphatic heterocycles. The van der Waals surface area contributed by atoms with Gasteiger partial charge in [0, 0.05) is 23.5 Å². The fraction of sp³-hybridized carbons (Fsp3) is 0.0588. The molecule has 1 aromatic heterocycles. The molecule has 0 atom stereocenters. The van der Waals surface area contributed by atoms with Crippen LogP contribution in [0.25, 0.3) is 10.8 Å². The molecular formula is C17H13NO. The number of nitrogens with zero attached hydrogens (tertiary/aromatic N) is 1. The van der Waals surface area contributed by atoms with Gasteiger partial charge in [-0.25, -0.2) is 0 Å². The van der Waals surface area contributed by atoms with Crippen molar-refractivity contribution >= 4 is 16.6 Å². The summed E-state index contributed by atoms with van der Waals surface area (Å²) >= 11 is 0. The van der Waals surface area contributed by atoms with Crippen molar-refractivity contribution in [3.63, 3.8) is 0 Å². The summed E-state index contributed by atoms with van der Waals surface area (Å²) in [6, 6.07) is 15.6. The van der Waals surface area contributed by atoms with Crippen molar-refractivity contribution in [1.82, 2.24) is 4.98 Å². The van der Waals surface area contributed by atoms with Gasteiger partial charge in [-0.05, 0) is 29.3 Å². The Kier molecular flexibility index (Phi) is 2.84. The molecule has 2 nitrogen and oxygen atoms in total. The summed E-state index contributed by atoms with van der Waals surface area (Å²) in [6.45, 7) is 1.93. The molecule has 2 heteroatoms. The number of aryl methyl sites for hydroxylation is 1. The number of hydrogen-bond donors (Lipinski definition) is 0. The predicted molar refractivity (Wildman–Crippen MR) is 76.4 cm³/mol. The van der Waals surface area contributed by atoms with E-state index < -0.39 is 0 Å². The molecule has 0 aliphatic carbocycles. The Hall–Kier alpha value is -2.48. The highest BCUT2D eigenvalue weighted by molar-refractivity contribution is 6.16. The van der Waals surface area contributed by atoms with E-state index in [-0.39, 0.29) is 5.78 Å². The Morgan fingerprint density at radius 1 is 0.947 bits per heavy atom. The van der Waals surface area contributed by atoms with Crippen LogP contribution in [0.3, 0.4) is 0 Å². The van der Waals surface area contributed by atoms with Crippen molar-refractivity contribution in [2.75, 3.05) is 0 Å². The number of fused-ring (bicyclic) bond motifs is 1. The first-order valence-electron chi connectivity index (χ1n) is 6.20. The fourth-order valence-electron chi connectivity index (χ4n) is 2.27. The normalized spacial score (nSPS) is 10.6. The molecule has 0 saturated heterocycles. The lowest BCUT2D eigenvalue weighted by molar-refractivity contribution is 0.103. The summed E-state index contributed by atoms with van der Waals surface area (Å²) in [7, 11) is 0. The highest BCUT2D eigenvalue weighted by Crippen LogP contribution is 2.22. The van der Waals surface area contributed by atoms with Gasteiger partial charge >= 0.3 is 0 Å². The molecule has 0 fully saturated rings. The number of carbonyl (C=O) groups excluding carboxylic acids is 1. The Balaban J connectivity index is 2.20. The van der Waals surface area contributed by atoms with Gasteiger partial charge in [0.1, 0.15) is 0 Å². The van der Waals surface area contributed by atoms with E-state index in [1.165, 1.54) is 0 Å². The van der Waals surface area contributed by atoms with E-state index in [1.807, 2.05) is 55.5 Å². The summed E-state index contributed by atoms with van der Waals surface area (Å²) in [5.74, 6) is 0.0300. The van der Waals surface area contributed by atoms with E-state index >= 15 is 0 Å². The van der Waals surface area contributed by atoms with Gasteiger partial charge in [0.15, 0.2) is 5.78 Å². The van der Waals surface area contributed by atoms with Gasteiger partial charge in [-0.1, -0.05) is 42.5 Å². The van der Waals surface area contributed by atoms with E-state index in [9.17, 15) is 4.79 Å². The van der Waals surface area contributed by atoms with Crippen LogP contribution in [0.15, 0.2) is 60.9 Å². The van der Waals surface area contributed by atoms with Gasteiger partial charge < -0.3 is 0 Å². The zero-order valence-electron chi connectivity index (χ0n) is 10.6. The fourth-order valence-corrected chi connectivity index (χ4v) is 2.27. The standard InChI is InChI=1S/C17H13NO/c1-12-9-10-18-11-16(12)17(19)15-8-4-6-13-5-2-3-7-14(13)15/h2-11H,1H3. The SMILES string of the molecule is Cc1ccncc1C(=O)c1cccc2ccccc12. The Labute approximate surface area is 111 Å². The zero-order valence-corrected chi connectivity index (χ0v) is 10.6. The van der Waals surface area contributed by atoms with Crippen LogP contribution in [0.1, 0.15) is 21.5 Å². The molecule has 0 unspecified atom stereocenters. The van der Waals surface area contributed by atoms with E-state index in [2.05, 4.69) is 4.98 Å². The molecular weight excluding hydrogens is 234 g/mol. The molecule has 0 amide bonds. The van der Waals surface area contributed by atoms with E-state index in [1.54, 1.807) is 12.4 Å². The molecule has 0 bridgehead atoms. The van der Waals surface area contributed by atoms with Crippen molar-refractivity contribution in [2.24, 2.45) is 0 Å². The molecule has 92 valence electrons. The van der Waals surface area contributed by atoms with Gasteiger partial charge in [0.2, 0.25) is 0 Å². The van der Waals surface area contributed by atoms with Gasteiger partial charge in [0.25, 0.3) is 0 Å². The first-order valence-corrected chi connectivity index (χ1v) is 6.20. The minimum atomic E-state index is 0.0300. The predicted octanol–water partition coefficient (Wildman–Crippen LogP) is 3.77. The van der Waals surface area contributed by atoms with Crippen LogP contribution >= 0.6 is 0 Å². The third-order valence-electron chi connectivity index (χ3n) is 3.32. The van der Waals surface area contributed by atoms with Crippen LogP contribution in [0, 0.1) is 6.92 Å². The topological polar surface area (TPSA) is 30.0 Å². The molecule has 0 saturated carbocycles. The lowest BCUT2D eigenvalue weighted by atomic mass is 9.96. The van der Waals surface area contributed by atoms with Crippen LogP contribution in [0.5, 0.6) is 0 Å². The molecule has 1 heterocycles. The quantitative estimate of drug-likeness (QED) is 0.645. The third-order valence-corrected chi connectivity index (χ3v) is 3.32. The maximum atomic E-state index is 12.6. The number of benzene rings is 2. The third kappa shape index (κ3) is 2.02. The summed E-state index contributed by atoms with van der Waals surface area (Å²) in [5, 5.41) is 2.06. The molecule has 0 aliphatic rings. The number of hydrogen-bond acceptors (Lipinski definition) is 2. The van der Waals surface area contributed by atoms with Gasteiger partial charge in [-0.2, -0.15) is 0 Å². The molecule has 19 heavy (non-hydrogen) atoms. The van der Waals surface area contributed by atoms with Crippen LogP contribution in [-0.4, -0.2) is 10.8 Å². The second-order valence-electron chi connectivity index (χ2n) is 4.55. The summed E-state index contributed by atoms with van der Waals surface area (Å²) in [5.41, 5.74) is 2.35. The maximum absolute atomic E-state index is 12.6. The van der Waals surface area contributed by atoms with Crippen LogP contribution in [0.2, 0.25) is 0 Å². The molecule has 0 radical (unpaired) electrons. The molecule has 3 rings (SSSR count). The smallest absolute Gasteiger partial charge is 0.195 e. The Morgan fingerprint density at radius 3 is 2.58 bits per heavy atom. The van der Waals surface area contributed by atoms with Crippen molar-refractivity contribution < 1.29 is 4.79 Å². The van der Waals surface area contributed by atoms with Gasteiger partial charge in [0.05, 0.1) is 0 Å². The lowest BCUT2D eigenvalue weighted by Crippen LogP contribution is -2.04. The monoisotopic (exact) mass is 247 g/mol. The van der Waals surface area contributed by atoms with Crippen LogP contribution < -0.4 is 0 Å². The number of ketones is 1. The van der Waals surface area contributed by atoms with Gasteiger partial charge in [-0.3, -0.25) is 9.78 Å². The first-order chi connectivity index (χ1) is 9.27. The summed E-state index contributed by atoms with van der Waals surface area (Å²) in [4.78, 5) is 16.7. The number of pyridine rings is 1. The largest absolute Gasteiger partial charge is 0.289 e. The van der Waals surface area contributed by atoms with E-state index in [0.717, 1.165) is 21.9 Å². The van der Waals surface area contributed by atoms with E-state index in [0.29, 0.717) is 5.56 Å². The molecule has 2 aromatic carbocycles. The molecule has 0 N–H and O–H groups in total. The highest BCUT2D eigenvalue weighted by Gasteiger charge is 2.14. The second-order valence-corrected chi connectivity index (χ2v) is 4.55. The number of carbonyl (C=O) groups is 1. The summed E-state index contributed by atoms with van der Waals surface area (Å²) < 4.78 is 0. The highest BCUT2D eigenvalue weighted by atomic mass is 16.1. The second kappa shape index (κ2) is 4.65. The number of aromatic nitrogens is 1. The Bertz CT molecular complexity index is 757. The van der Waals surface area contributed by atoms with Crippen LogP contribution in [-0.2, 0) is 0 Å². The first kappa shape index (κ1) is 11.6. The zero-order chi connectivity index (χ0) is 13.2. The van der Waals surface area contributed by atoms with Crippen molar-refractivity contribution in [3.8, 4) is 0 Å². The minimum absolute atomic E-state index is 0.0300. The van der Waals surface area contributed by atoms with Crippen LogP contribution in [0.4, 0.5) is 0 Å². The molecule has 3 aromatic rings. The van der Waals surface area contributed by atoms with Crippen molar-refractivity contribution in [1.29, 1.82) is 0 Å².